The number of rotatable bonds is 4. The van der Waals surface area contributed by atoms with Crippen LogP contribution < -0.4 is 14.0 Å². The van der Waals surface area contributed by atoms with E-state index >= 15 is 0 Å². The molecule has 114 valence electrons. The first-order valence-electron chi connectivity index (χ1n) is 7.41. The fraction of sp³-hybridized carbons (Fsp3) is 0.733. The van der Waals surface area contributed by atoms with Crippen LogP contribution in [0.1, 0.15) is 41.5 Å². The molecule has 0 amide bonds. The van der Waals surface area contributed by atoms with Gasteiger partial charge in [0.1, 0.15) is 25.1 Å². The van der Waals surface area contributed by atoms with Gasteiger partial charge < -0.3 is 9.47 Å². The van der Waals surface area contributed by atoms with Gasteiger partial charge in [-0.3, -0.25) is 0 Å². The number of hydrogen-bond acceptors (Lipinski definition) is 3. The summed E-state index contributed by atoms with van der Waals surface area (Å²) in [6.45, 7) is 15.6. The Balaban J connectivity index is 2.66. The van der Waals surface area contributed by atoms with Gasteiger partial charge in [-0.1, -0.05) is 41.5 Å². The molecule has 0 radical (unpaired) electrons. The first-order valence-corrected chi connectivity index (χ1v) is 11.3. The van der Waals surface area contributed by atoms with Gasteiger partial charge in [-0.05, 0) is 32.6 Å². The molecule has 0 aromatic carbocycles. The summed E-state index contributed by atoms with van der Waals surface area (Å²) >= 11 is 5.53. The Morgan fingerprint density at radius 3 is 1.80 bits per heavy atom. The molecule has 5 heteroatoms. The van der Waals surface area contributed by atoms with Crippen molar-refractivity contribution in [3.8, 4) is 11.5 Å². The molecule has 0 bridgehead atoms. The third kappa shape index (κ3) is 2.35. The van der Waals surface area contributed by atoms with Gasteiger partial charge in [-0.25, -0.2) is 0 Å². The largest absolute Gasteiger partial charge is 0.485 e. The zero-order valence-corrected chi connectivity index (χ0v) is 16.7. The van der Waals surface area contributed by atoms with Gasteiger partial charge in [0.05, 0.1) is 0 Å². The van der Waals surface area contributed by atoms with Crippen LogP contribution in [-0.4, -0.2) is 21.3 Å². The third-order valence-electron chi connectivity index (χ3n) is 4.62. The van der Waals surface area contributed by atoms with Crippen LogP contribution in [0, 0.1) is 0 Å². The van der Waals surface area contributed by atoms with Crippen molar-refractivity contribution in [3.05, 3.63) is 3.79 Å². The molecule has 0 N–H and O–H groups in total. The summed E-state index contributed by atoms with van der Waals surface area (Å²) in [4.78, 5) is 0. The monoisotopic (exact) mass is 376 g/mol. The number of hydrogen-bond donors (Lipinski definition) is 0. The van der Waals surface area contributed by atoms with Crippen LogP contribution in [0.4, 0.5) is 0 Å². The topological polar surface area (TPSA) is 18.5 Å². The molecule has 0 aliphatic carbocycles. The van der Waals surface area contributed by atoms with Gasteiger partial charge in [0.2, 0.25) is 0 Å². The molecule has 0 unspecified atom stereocenters. The summed E-state index contributed by atoms with van der Waals surface area (Å²) < 4.78 is 14.4. The Hall–Kier alpha value is -0.00312. The van der Waals surface area contributed by atoms with Gasteiger partial charge in [0.15, 0.2) is 11.5 Å². The van der Waals surface area contributed by atoms with Crippen molar-refractivity contribution in [2.45, 2.75) is 58.2 Å². The Labute approximate surface area is 136 Å². The summed E-state index contributed by atoms with van der Waals surface area (Å²) in [6, 6.07) is 0. The SMILES string of the molecule is CC(C)[Si](c1sc(Br)c2c1OCCO2)(C(C)C)C(C)C. The molecule has 20 heavy (non-hydrogen) atoms. The van der Waals surface area contributed by atoms with Gasteiger partial charge >= 0.3 is 0 Å². The van der Waals surface area contributed by atoms with Crippen LogP contribution in [-0.2, 0) is 0 Å². The van der Waals surface area contributed by atoms with Crippen molar-refractivity contribution in [1.82, 2.24) is 0 Å². The van der Waals surface area contributed by atoms with E-state index in [0.717, 1.165) is 15.3 Å². The predicted octanol–water partition coefficient (Wildman–Crippen LogP) is 5.17. The summed E-state index contributed by atoms with van der Waals surface area (Å²) in [5, 5.41) is 0. The van der Waals surface area contributed by atoms with E-state index in [2.05, 4.69) is 57.5 Å². The molecular weight excluding hydrogens is 352 g/mol. The van der Waals surface area contributed by atoms with Crippen LogP contribution in [0.25, 0.3) is 0 Å². The summed E-state index contributed by atoms with van der Waals surface area (Å²) in [7, 11) is -1.68. The molecule has 1 aliphatic rings. The highest BCUT2D eigenvalue weighted by Gasteiger charge is 2.49. The second-order valence-electron chi connectivity index (χ2n) is 6.46. The van der Waals surface area contributed by atoms with E-state index in [0.29, 0.717) is 29.8 Å². The first-order chi connectivity index (χ1) is 9.33. The highest BCUT2D eigenvalue weighted by Crippen LogP contribution is 2.50. The van der Waals surface area contributed by atoms with Gasteiger partial charge in [0, 0.05) is 4.50 Å². The quantitative estimate of drug-likeness (QED) is 0.674. The second kappa shape index (κ2) is 6.01. The van der Waals surface area contributed by atoms with Gasteiger partial charge in [-0.2, -0.15) is 0 Å². The van der Waals surface area contributed by atoms with E-state index in [1.807, 2.05) is 11.3 Å². The standard InChI is InChI=1S/C15H25BrO2SSi/c1-9(2)20(10(3)4,11(5)6)15-13-12(14(16)19-15)17-7-8-18-13/h9-11H,7-8H2,1-6H3. The van der Waals surface area contributed by atoms with E-state index in [-0.39, 0.29) is 0 Å². The highest BCUT2D eigenvalue weighted by molar-refractivity contribution is 9.11. The van der Waals surface area contributed by atoms with E-state index in [4.69, 9.17) is 9.47 Å². The van der Waals surface area contributed by atoms with Crippen molar-refractivity contribution >= 4 is 39.8 Å². The van der Waals surface area contributed by atoms with Crippen LogP contribution in [0.5, 0.6) is 11.5 Å². The zero-order valence-electron chi connectivity index (χ0n) is 13.2. The lowest BCUT2D eigenvalue weighted by Gasteiger charge is -2.42. The van der Waals surface area contributed by atoms with E-state index < -0.39 is 8.07 Å². The fourth-order valence-corrected chi connectivity index (χ4v) is 15.2. The Morgan fingerprint density at radius 1 is 0.900 bits per heavy atom. The first kappa shape index (κ1) is 16.4. The molecule has 1 aromatic rings. The van der Waals surface area contributed by atoms with Crippen LogP contribution >= 0.6 is 27.3 Å². The molecule has 0 atom stereocenters. The maximum atomic E-state index is 6.02. The number of fused-ring (bicyclic) bond motifs is 1. The summed E-state index contributed by atoms with van der Waals surface area (Å²) in [5.41, 5.74) is 2.05. The smallest absolute Gasteiger partial charge is 0.186 e. The molecule has 2 nitrogen and oxygen atoms in total. The molecule has 0 fully saturated rings. The lowest BCUT2D eigenvalue weighted by molar-refractivity contribution is 0.173. The molecular formula is C15H25BrO2SSi. The predicted molar refractivity (Wildman–Crippen MR) is 93.7 cm³/mol. The van der Waals surface area contributed by atoms with Crippen molar-refractivity contribution < 1.29 is 9.47 Å². The molecule has 0 saturated carbocycles. The lowest BCUT2D eigenvalue weighted by atomic mass is 10.5. The third-order valence-corrected chi connectivity index (χ3v) is 14.3. The van der Waals surface area contributed by atoms with Crippen molar-refractivity contribution in [2.75, 3.05) is 13.2 Å². The van der Waals surface area contributed by atoms with Crippen LogP contribution in [0.2, 0.25) is 16.6 Å². The number of ether oxygens (including phenoxy) is 2. The second-order valence-corrected chi connectivity index (χ2v) is 15.0. The van der Waals surface area contributed by atoms with Crippen molar-refractivity contribution in [2.24, 2.45) is 0 Å². The Morgan fingerprint density at radius 2 is 1.35 bits per heavy atom. The summed E-state index contributed by atoms with van der Waals surface area (Å²) in [6.07, 6.45) is 0. The highest BCUT2D eigenvalue weighted by atomic mass is 79.9. The number of thiophene rings is 1. The van der Waals surface area contributed by atoms with Crippen molar-refractivity contribution in [1.29, 1.82) is 0 Å². The van der Waals surface area contributed by atoms with Crippen LogP contribution in [0.15, 0.2) is 3.79 Å². The summed E-state index contributed by atoms with van der Waals surface area (Å²) in [5.74, 6) is 1.98. The average molecular weight is 377 g/mol. The Bertz CT molecular complexity index is 461. The van der Waals surface area contributed by atoms with Gasteiger partial charge in [-0.15, -0.1) is 11.3 Å². The molecule has 2 rings (SSSR count). The number of halogens is 1. The Kier molecular flexibility index (Phi) is 4.92. The van der Waals surface area contributed by atoms with E-state index in [1.165, 1.54) is 4.50 Å². The van der Waals surface area contributed by atoms with E-state index in [9.17, 15) is 0 Å². The minimum Gasteiger partial charge on any atom is -0.485 e. The molecule has 1 aliphatic heterocycles. The lowest BCUT2D eigenvalue weighted by Crippen LogP contribution is -2.54. The van der Waals surface area contributed by atoms with E-state index in [1.54, 1.807) is 0 Å². The van der Waals surface area contributed by atoms with Crippen LogP contribution in [0.3, 0.4) is 0 Å². The maximum absolute atomic E-state index is 6.02. The molecule has 2 heterocycles. The average Bonchev–Trinajstić information content (AvgIpc) is 2.67. The minimum absolute atomic E-state index is 0.654. The molecule has 0 spiro atoms. The molecule has 1 aromatic heterocycles. The maximum Gasteiger partial charge on any atom is 0.186 e. The molecule has 0 saturated heterocycles. The fourth-order valence-electron chi connectivity index (χ4n) is 3.99. The zero-order chi connectivity index (χ0) is 15.1. The van der Waals surface area contributed by atoms with Crippen molar-refractivity contribution in [3.63, 3.8) is 0 Å². The van der Waals surface area contributed by atoms with Gasteiger partial charge in [0.25, 0.3) is 0 Å². The minimum atomic E-state index is -1.68. The normalized spacial score (nSPS) is 15.5.